The number of ether oxygens (including phenoxy) is 2. The Morgan fingerprint density at radius 2 is 1.94 bits per heavy atom. The second-order valence-electron chi connectivity index (χ2n) is 8.59. The number of hydrogen-bond acceptors (Lipinski definition) is 9. The second-order valence-corrected chi connectivity index (χ2v) is 8.59. The first-order valence-electron chi connectivity index (χ1n) is 11.0. The lowest BCUT2D eigenvalue weighted by molar-refractivity contribution is -0.0287. The summed E-state index contributed by atoms with van der Waals surface area (Å²) in [5.41, 5.74) is 1.48. The number of fused-ring (bicyclic) bond motifs is 1. The van der Waals surface area contributed by atoms with Crippen LogP contribution in [0.5, 0.6) is 5.88 Å². The van der Waals surface area contributed by atoms with E-state index in [4.69, 9.17) is 9.47 Å². The number of aliphatic hydroxyl groups excluding tert-OH is 3. The number of nitrogens with one attached hydrogen (secondary N) is 1. The lowest BCUT2D eigenvalue weighted by Gasteiger charge is -2.21. The van der Waals surface area contributed by atoms with Crippen LogP contribution in [0.3, 0.4) is 0 Å². The van der Waals surface area contributed by atoms with E-state index in [0.29, 0.717) is 30.0 Å². The fourth-order valence-corrected chi connectivity index (χ4v) is 4.38. The average Bonchev–Trinajstić information content (AvgIpc) is 3.45. The monoisotopic (exact) mass is 459 g/mol. The van der Waals surface area contributed by atoms with Crippen molar-refractivity contribution in [2.24, 2.45) is 0 Å². The molecule has 3 aromatic rings. The van der Waals surface area contributed by atoms with E-state index in [-0.39, 0.29) is 30.4 Å². The van der Waals surface area contributed by atoms with Crippen molar-refractivity contribution in [3.05, 3.63) is 42.0 Å². The number of aromatic nitrogens is 4. The minimum absolute atomic E-state index is 0.0204. The van der Waals surface area contributed by atoms with Crippen LogP contribution in [0.2, 0.25) is 0 Å². The molecule has 1 aromatic carbocycles. The van der Waals surface area contributed by atoms with Crippen LogP contribution in [-0.4, -0.2) is 65.3 Å². The van der Waals surface area contributed by atoms with Crippen molar-refractivity contribution in [2.45, 2.75) is 69.5 Å². The Kier molecular flexibility index (Phi) is 5.87. The molecule has 0 spiro atoms. The smallest absolute Gasteiger partial charge is 0.245 e. The van der Waals surface area contributed by atoms with Gasteiger partial charge in [-0.2, -0.15) is 4.98 Å². The van der Waals surface area contributed by atoms with Crippen LogP contribution in [0, 0.1) is 5.82 Å². The Morgan fingerprint density at radius 1 is 1.15 bits per heavy atom. The highest BCUT2D eigenvalue weighted by Gasteiger charge is 2.43. The van der Waals surface area contributed by atoms with Crippen LogP contribution in [-0.2, 0) is 11.3 Å². The number of nitrogens with zero attached hydrogens (tertiary/aromatic N) is 4. The number of anilines is 1. The van der Waals surface area contributed by atoms with E-state index < -0.39 is 24.5 Å². The Morgan fingerprint density at radius 3 is 2.61 bits per heavy atom. The van der Waals surface area contributed by atoms with Gasteiger partial charge in [-0.15, -0.1) is 0 Å². The van der Waals surface area contributed by atoms with E-state index in [0.717, 1.165) is 12.0 Å². The summed E-state index contributed by atoms with van der Waals surface area (Å²) in [6, 6.07) is 5.93. The highest BCUT2D eigenvalue weighted by molar-refractivity contribution is 5.79. The molecule has 33 heavy (non-hydrogen) atoms. The molecule has 1 saturated carbocycles. The molecule has 5 rings (SSSR count). The van der Waals surface area contributed by atoms with Crippen LogP contribution in [0.25, 0.3) is 11.2 Å². The molecule has 2 aliphatic rings. The molecule has 0 amide bonds. The van der Waals surface area contributed by atoms with Crippen molar-refractivity contribution in [3.8, 4) is 5.88 Å². The van der Waals surface area contributed by atoms with Gasteiger partial charge in [0, 0.05) is 6.04 Å². The fourth-order valence-electron chi connectivity index (χ4n) is 4.38. The molecule has 2 fully saturated rings. The predicted molar refractivity (Wildman–Crippen MR) is 115 cm³/mol. The number of imidazole rings is 1. The van der Waals surface area contributed by atoms with Gasteiger partial charge in [0.1, 0.15) is 31.0 Å². The zero-order valence-electron chi connectivity index (χ0n) is 18.0. The van der Waals surface area contributed by atoms with Crippen LogP contribution >= 0.6 is 0 Å². The van der Waals surface area contributed by atoms with Gasteiger partial charge in [0.15, 0.2) is 17.4 Å². The molecule has 10 nitrogen and oxygen atoms in total. The molecule has 3 heterocycles. The van der Waals surface area contributed by atoms with Gasteiger partial charge in [-0.3, -0.25) is 4.57 Å². The predicted octanol–water partition coefficient (Wildman–Crippen LogP) is 1.51. The maximum atomic E-state index is 13.2. The SMILES string of the molecule is C[C@H]1O[C@@H](n2c(NC3CCC(O)C3)nc3c(OCc4ccc(F)cc4)ncnc32)[C@H](O)[C@@H]1O. The molecule has 4 N–H and O–H groups in total. The summed E-state index contributed by atoms with van der Waals surface area (Å²) in [7, 11) is 0. The molecule has 11 heteroatoms. The topological polar surface area (TPSA) is 135 Å². The summed E-state index contributed by atoms with van der Waals surface area (Å²) in [6.07, 6.45) is -0.812. The third kappa shape index (κ3) is 4.24. The molecule has 0 radical (unpaired) electrons. The van der Waals surface area contributed by atoms with E-state index >= 15 is 0 Å². The normalized spacial score (nSPS) is 29.6. The first kappa shape index (κ1) is 22.0. The molecule has 176 valence electrons. The quantitative estimate of drug-likeness (QED) is 0.433. The Bertz CT molecular complexity index is 1130. The van der Waals surface area contributed by atoms with Gasteiger partial charge in [-0.05, 0) is 43.9 Å². The number of hydrogen-bond donors (Lipinski definition) is 4. The molecule has 1 saturated heterocycles. The van der Waals surface area contributed by atoms with E-state index in [1.54, 1.807) is 23.6 Å². The summed E-state index contributed by atoms with van der Waals surface area (Å²) in [4.78, 5) is 13.2. The summed E-state index contributed by atoms with van der Waals surface area (Å²) >= 11 is 0. The number of benzene rings is 1. The highest BCUT2D eigenvalue weighted by atomic mass is 19.1. The number of halogens is 1. The van der Waals surface area contributed by atoms with Gasteiger partial charge in [0.2, 0.25) is 11.8 Å². The Hall–Kier alpha value is -2.86. The molecule has 6 atom stereocenters. The lowest BCUT2D eigenvalue weighted by Crippen LogP contribution is -2.31. The fraction of sp³-hybridized carbons (Fsp3) is 0.500. The maximum absolute atomic E-state index is 13.2. The van der Waals surface area contributed by atoms with Gasteiger partial charge in [-0.1, -0.05) is 12.1 Å². The van der Waals surface area contributed by atoms with Crippen molar-refractivity contribution in [1.29, 1.82) is 0 Å². The van der Waals surface area contributed by atoms with Crippen LogP contribution in [0.15, 0.2) is 30.6 Å². The van der Waals surface area contributed by atoms with E-state index in [1.807, 2.05) is 0 Å². The molecular formula is C22H26FN5O5. The molecule has 2 aromatic heterocycles. The van der Waals surface area contributed by atoms with E-state index in [1.165, 1.54) is 18.5 Å². The minimum atomic E-state index is -1.19. The van der Waals surface area contributed by atoms with Gasteiger partial charge >= 0.3 is 0 Å². The zero-order chi connectivity index (χ0) is 23.1. The first-order valence-corrected chi connectivity index (χ1v) is 11.0. The van der Waals surface area contributed by atoms with Crippen molar-refractivity contribution < 1.29 is 29.2 Å². The van der Waals surface area contributed by atoms with Crippen LogP contribution in [0.4, 0.5) is 10.3 Å². The van der Waals surface area contributed by atoms with E-state index in [9.17, 15) is 19.7 Å². The summed E-state index contributed by atoms with van der Waals surface area (Å²) in [5, 5.41) is 34.1. The van der Waals surface area contributed by atoms with Gasteiger partial charge in [-0.25, -0.2) is 14.4 Å². The molecular weight excluding hydrogens is 433 g/mol. The van der Waals surface area contributed by atoms with Crippen LogP contribution in [0.1, 0.15) is 38.0 Å². The van der Waals surface area contributed by atoms with Gasteiger partial charge < -0.3 is 30.1 Å². The Balaban J connectivity index is 1.51. The number of aliphatic hydroxyl groups is 3. The highest BCUT2D eigenvalue weighted by Crippen LogP contribution is 2.37. The van der Waals surface area contributed by atoms with Crippen molar-refractivity contribution in [2.75, 3.05) is 5.32 Å². The molecule has 2 unspecified atom stereocenters. The average molecular weight is 459 g/mol. The second kappa shape index (κ2) is 8.82. The third-order valence-corrected chi connectivity index (χ3v) is 6.20. The number of rotatable bonds is 6. The maximum Gasteiger partial charge on any atom is 0.245 e. The van der Waals surface area contributed by atoms with E-state index in [2.05, 4.69) is 20.3 Å². The van der Waals surface area contributed by atoms with Gasteiger partial charge in [0.25, 0.3) is 0 Å². The van der Waals surface area contributed by atoms with Crippen molar-refractivity contribution in [3.63, 3.8) is 0 Å². The Labute approximate surface area is 189 Å². The van der Waals surface area contributed by atoms with Gasteiger partial charge in [0.05, 0.1) is 12.2 Å². The van der Waals surface area contributed by atoms with Crippen molar-refractivity contribution in [1.82, 2.24) is 19.5 Å². The third-order valence-electron chi connectivity index (χ3n) is 6.20. The summed E-state index contributed by atoms with van der Waals surface area (Å²) in [6.45, 7) is 1.83. The summed E-state index contributed by atoms with van der Waals surface area (Å²) in [5.74, 6) is 0.265. The van der Waals surface area contributed by atoms with Crippen molar-refractivity contribution >= 4 is 17.1 Å². The zero-order valence-corrected chi connectivity index (χ0v) is 18.0. The lowest BCUT2D eigenvalue weighted by atomic mass is 10.1. The molecule has 0 bridgehead atoms. The largest absolute Gasteiger partial charge is 0.471 e. The molecule has 1 aliphatic carbocycles. The first-order chi connectivity index (χ1) is 15.9. The standard InChI is InChI=1S/C22H26FN5O5/c1-11-17(30)18(31)21(33-11)28-19-16(27-22(28)26-14-6-7-15(29)8-14)20(25-10-24-19)32-9-12-2-4-13(23)5-3-12/h2-5,10-11,14-15,17-18,21,29-31H,6-9H2,1H3,(H,26,27)/t11-,14?,15?,17-,18-,21-/m1/s1. The summed E-state index contributed by atoms with van der Waals surface area (Å²) < 4.78 is 26.5. The van der Waals surface area contributed by atoms with Crippen LogP contribution < -0.4 is 10.1 Å². The molecule has 1 aliphatic heterocycles. The minimum Gasteiger partial charge on any atom is -0.471 e.